The van der Waals surface area contributed by atoms with Gasteiger partial charge in [0.05, 0.1) is 6.20 Å². The van der Waals surface area contributed by atoms with Gasteiger partial charge in [0.1, 0.15) is 5.69 Å². The molecule has 1 saturated heterocycles. The van der Waals surface area contributed by atoms with E-state index in [0.29, 0.717) is 11.7 Å². The third-order valence-corrected chi connectivity index (χ3v) is 5.73. The first kappa shape index (κ1) is 19.6. The number of hydrogen-bond donors (Lipinski definition) is 1. The Morgan fingerprint density at radius 2 is 2.07 bits per heavy atom. The summed E-state index contributed by atoms with van der Waals surface area (Å²) in [5, 5.41) is 4.48. The molecular formula is C23H29N5O. The first-order valence-electron chi connectivity index (χ1n) is 10.5. The Balaban J connectivity index is 1.41. The molecule has 6 nitrogen and oxygen atoms in total. The van der Waals surface area contributed by atoms with Gasteiger partial charge in [0, 0.05) is 54.7 Å². The molecule has 1 aliphatic rings. The van der Waals surface area contributed by atoms with Crippen LogP contribution in [0.4, 0.5) is 0 Å². The molecule has 1 atom stereocenters. The lowest BCUT2D eigenvalue weighted by Crippen LogP contribution is -2.36. The molecule has 6 heteroatoms. The highest BCUT2D eigenvalue weighted by molar-refractivity contribution is 5.92. The van der Waals surface area contributed by atoms with Gasteiger partial charge in [0.15, 0.2) is 0 Å². The van der Waals surface area contributed by atoms with E-state index in [0.717, 1.165) is 38.9 Å². The second kappa shape index (κ2) is 8.74. The summed E-state index contributed by atoms with van der Waals surface area (Å²) in [7, 11) is 0. The van der Waals surface area contributed by atoms with Gasteiger partial charge in [-0.05, 0) is 51.3 Å². The minimum Gasteiger partial charge on any atom is -0.348 e. The van der Waals surface area contributed by atoms with Crippen LogP contribution in [-0.4, -0.2) is 44.5 Å². The van der Waals surface area contributed by atoms with Crippen LogP contribution >= 0.6 is 0 Å². The second-order valence-electron chi connectivity index (χ2n) is 8.14. The van der Waals surface area contributed by atoms with Gasteiger partial charge >= 0.3 is 0 Å². The topological polar surface area (TPSA) is 63.0 Å². The zero-order valence-corrected chi connectivity index (χ0v) is 17.2. The Labute approximate surface area is 172 Å². The number of nitrogens with zero attached hydrogens (tertiary/aromatic N) is 4. The third kappa shape index (κ3) is 4.48. The maximum atomic E-state index is 12.4. The molecule has 4 rings (SSSR count). The predicted octanol–water partition coefficient (Wildman–Crippen LogP) is 3.80. The number of carbonyl (C=O) groups excluding carboxylic acids is 1. The number of rotatable bonds is 5. The van der Waals surface area contributed by atoms with Crippen molar-refractivity contribution in [3.05, 3.63) is 60.3 Å². The number of carbonyl (C=O) groups is 1. The van der Waals surface area contributed by atoms with E-state index >= 15 is 0 Å². The van der Waals surface area contributed by atoms with Crippen LogP contribution in [0.1, 0.15) is 55.2 Å². The fourth-order valence-electron chi connectivity index (χ4n) is 4.21. The minimum atomic E-state index is -0.128. The first-order valence-corrected chi connectivity index (χ1v) is 10.5. The molecule has 1 aromatic carbocycles. The number of aromatic nitrogens is 3. The average molecular weight is 392 g/mol. The molecule has 29 heavy (non-hydrogen) atoms. The molecule has 152 valence electrons. The van der Waals surface area contributed by atoms with E-state index in [1.54, 1.807) is 12.4 Å². The van der Waals surface area contributed by atoms with E-state index in [2.05, 4.69) is 69.1 Å². The summed E-state index contributed by atoms with van der Waals surface area (Å²) in [5.74, 6) is -0.128. The van der Waals surface area contributed by atoms with E-state index < -0.39 is 0 Å². The standard InChI is InChI=1S/C23H29N5O/c1-17(2)28-16-18(20-7-3-4-8-22(20)28)15-27-12-5-6-19(9-13-27)26-23(29)21-14-24-10-11-25-21/h3-4,7-8,10-11,14,16-17,19H,5-6,9,12-13,15H2,1-2H3,(H,26,29). The SMILES string of the molecule is CC(C)n1cc(CN2CCCC(NC(=O)c3cnccn3)CC2)c2ccccc21. The van der Waals surface area contributed by atoms with E-state index in [1.165, 1.54) is 22.7 Å². The van der Waals surface area contributed by atoms with Crippen LogP contribution < -0.4 is 5.32 Å². The molecule has 0 radical (unpaired) electrons. The molecule has 0 saturated carbocycles. The Hall–Kier alpha value is -2.73. The Morgan fingerprint density at radius 1 is 1.21 bits per heavy atom. The van der Waals surface area contributed by atoms with Crippen LogP contribution in [0.25, 0.3) is 10.9 Å². The van der Waals surface area contributed by atoms with Crippen molar-refractivity contribution < 1.29 is 4.79 Å². The molecule has 1 unspecified atom stereocenters. The van der Waals surface area contributed by atoms with E-state index in [9.17, 15) is 4.79 Å². The molecule has 1 aliphatic heterocycles. The van der Waals surface area contributed by atoms with E-state index in [4.69, 9.17) is 0 Å². The van der Waals surface area contributed by atoms with Crippen molar-refractivity contribution in [3.63, 3.8) is 0 Å². The summed E-state index contributed by atoms with van der Waals surface area (Å²) < 4.78 is 2.37. The molecule has 1 N–H and O–H groups in total. The summed E-state index contributed by atoms with van der Waals surface area (Å²) in [4.78, 5) is 23.0. The molecule has 0 bridgehead atoms. The highest BCUT2D eigenvalue weighted by Gasteiger charge is 2.21. The molecule has 3 aromatic rings. The smallest absolute Gasteiger partial charge is 0.271 e. The largest absolute Gasteiger partial charge is 0.348 e. The van der Waals surface area contributed by atoms with Crippen LogP contribution in [0.15, 0.2) is 49.1 Å². The number of benzene rings is 1. The third-order valence-electron chi connectivity index (χ3n) is 5.73. The van der Waals surface area contributed by atoms with Crippen molar-refractivity contribution in [2.24, 2.45) is 0 Å². The van der Waals surface area contributed by atoms with Crippen LogP contribution in [0.3, 0.4) is 0 Å². The Morgan fingerprint density at radius 3 is 2.86 bits per heavy atom. The predicted molar refractivity (Wildman–Crippen MR) is 115 cm³/mol. The number of para-hydroxylation sites is 1. The van der Waals surface area contributed by atoms with Crippen molar-refractivity contribution in [1.82, 2.24) is 24.8 Å². The zero-order chi connectivity index (χ0) is 20.2. The minimum absolute atomic E-state index is 0.128. The maximum Gasteiger partial charge on any atom is 0.271 e. The Kier molecular flexibility index (Phi) is 5.90. The van der Waals surface area contributed by atoms with Crippen molar-refractivity contribution in [3.8, 4) is 0 Å². The van der Waals surface area contributed by atoms with Crippen LogP contribution in [0.5, 0.6) is 0 Å². The Bertz CT molecular complexity index is 966. The highest BCUT2D eigenvalue weighted by atomic mass is 16.1. The number of fused-ring (bicyclic) bond motifs is 1. The lowest BCUT2D eigenvalue weighted by atomic mass is 10.1. The molecule has 1 fully saturated rings. The maximum absolute atomic E-state index is 12.4. The van der Waals surface area contributed by atoms with Crippen LogP contribution in [0, 0.1) is 0 Å². The van der Waals surface area contributed by atoms with Crippen LogP contribution in [0.2, 0.25) is 0 Å². The monoisotopic (exact) mass is 391 g/mol. The van der Waals surface area contributed by atoms with Crippen molar-refractivity contribution in [2.75, 3.05) is 13.1 Å². The first-order chi connectivity index (χ1) is 14.1. The summed E-state index contributed by atoms with van der Waals surface area (Å²) in [5.41, 5.74) is 3.08. The van der Waals surface area contributed by atoms with E-state index in [1.807, 2.05) is 0 Å². The summed E-state index contributed by atoms with van der Waals surface area (Å²) in [6, 6.07) is 9.30. The summed E-state index contributed by atoms with van der Waals surface area (Å²) >= 11 is 0. The quantitative estimate of drug-likeness (QED) is 0.719. The van der Waals surface area contributed by atoms with Gasteiger partial charge in [0.25, 0.3) is 5.91 Å². The summed E-state index contributed by atoms with van der Waals surface area (Å²) in [6.45, 7) is 7.44. The van der Waals surface area contributed by atoms with Gasteiger partial charge in [-0.15, -0.1) is 0 Å². The molecule has 1 amide bonds. The lowest BCUT2D eigenvalue weighted by molar-refractivity contribution is 0.0927. The molecule has 3 heterocycles. The fourth-order valence-corrected chi connectivity index (χ4v) is 4.21. The van der Waals surface area contributed by atoms with Gasteiger partial charge < -0.3 is 9.88 Å². The second-order valence-corrected chi connectivity index (χ2v) is 8.14. The number of hydrogen-bond acceptors (Lipinski definition) is 4. The number of nitrogens with one attached hydrogen (secondary N) is 1. The van der Waals surface area contributed by atoms with Gasteiger partial charge in [-0.25, -0.2) is 4.98 Å². The number of amides is 1. The molecule has 2 aromatic heterocycles. The van der Waals surface area contributed by atoms with Crippen LogP contribution in [-0.2, 0) is 6.54 Å². The number of likely N-dealkylation sites (tertiary alicyclic amines) is 1. The molecular weight excluding hydrogens is 362 g/mol. The van der Waals surface area contributed by atoms with Crippen molar-refractivity contribution >= 4 is 16.8 Å². The van der Waals surface area contributed by atoms with Gasteiger partial charge in [-0.2, -0.15) is 0 Å². The van der Waals surface area contributed by atoms with Gasteiger partial charge in [-0.1, -0.05) is 18.2 Å². The highest BCUT2D eigenvalue weighted by Crippen LogP contribution is 2.26. The fraction of sp³-hybridized carbons (Fsp3) is 0.435. The van der Waals surface area contributed by atoms with Gasteiger partial charge in [0.2, 0.25) is 0 Å². The van der Waals surface area contributed by atoms with E-state index in [-0.39, 0.29) is 11.9 Å². The molecule has 0 spiro atoms. The molecule has 0 aliphatic carbocycles. The van der Waals surface area contributed by atoms with Gasteiger partial charge in [-0.3, -0.25) is 14.7 Å². The van der Waals surface area contributed by atoms with Crippen molar-refractivity contribution in [2.45, 2.75) is 51.7 Å². The average Bonchev–Trinajstić information content (AvgIpc) is 2.96. The lowest BCUT2D eigenvalue weighted by Gasteiger charge is -2.20. The summed E-state index contributed by atoms with van der Waals surface area (Å²) in [6.07, 6.45) is 9.99. The normalized spacial score (nSPS) is 18.1. The van der Waals surface area contributed by atoms with Crippen molar-refractivity contribution in [1.29, 1.82) is 0 Å². The zero-order valence-electron chi connectivity index (χ0n) is 17.2.